The Hall–Kier alpha value is -2.01. The van der Waals surface area contributed by atoms with E-state index in [0.717, 1.165) is 23.7 Å². The lowest BCUT2D eigenvalue weighted by Gasteiger charge is -2.13. The van der Waals surface area contributed by atoms with Gasteiger partial charge in [-0.3, -0.25) is 14.9 Å². The molecule has 1 aromatic heterocycles. The highest BCUT2D eigenvalue weighted by atomic mass is 32.2. The van der Waals surface area contributed by atoms with E-state index in [1.54, 1.807) is 0 Å². The molecule has 1 rings (SSSR count). The van der Waals surface area contributed by atoms with Gasteiger partial charge in [-0.15, -0.1) is 0 Å². The number of sulfone groups is 1. The molecule has 0 aromatic carbocycles. The Morgan fingerprint density at radius 1 is 1.52 bits per heavy atom. The summed E-state index contributed by atoms with van der Waals surface area (Å²) in [6.07, 6.45) is 0.669. The molecular formula is C10H12N2O7S2. The highest BCUT2D eigenvalue weighted by molar-refractivity contribution is 7.90. The Bertz CT molecular complexity index is 665. The minimum Gasteiger partial charge on any atom is -0.480 e. The number of carbonyl (C=O) groups is 2. The van der Waals surface area contributed by atoms with E-state index in [4.69, 9.17) is 5.11 Å². The number of carboxylic acids is 1. The van der Waals surface area contributed by atoms with Crippen molar-refractivity contribution in [2.24, 2.45) is 0 Å². The maximum absolute atomic E-state index is 11.8. The normalized spacial score (nSPS) is 12.6. The number of hydrogen-bond donors (Lipinski definition) is 2. The van der Waals surface area contributed by atoms with E-state index in [1.807, 2.05) is 0 Å². The van der Waals surface area contributed by atoms with E-state index >= 15 is 0 Å². The van der Waals surface area contributed by atoms with E-state index in [-0.39, 0.29) is 17.0 Å². The van der Waals surface area contributed by atoms with Crippen LogP contribution >= 0.6 is 11.3 Å². The first-order chi connectivity index (χ1) is 9.60. The second kappa shape index (κ2) is 6.63. The van der Waals surface area contributed by atoms with Crippen molar-refractivity contribution in [3.05, 3.63) is 27.1 Å². The Kier molecular flexibility index (Phi) is 5.38. The van der Waals surface area contributed by atoms with Gasteiger partial charge in [0.1, 0.15) is 15.9 Å². The number of thiophene rings is 1. The third-order valence-electron chi connectivity index (χ3n) is 2.41. The first-order valence-corrected chi connectivity index (χ1v) is 8.48. The van der Waals surface area contributed by atoms with Gasteiger partial charge in [0.15, 0.2) is 0 Å². The van der Waals surface area contributed by atoms with Crippen molar-refractivity contribution in [1.29, 1.82) is 0 Å². The average Bonchev–Trinajstić information content (AvgIpc) is 2.82. The summed E-state index contributed by atoms with van der Waals surface area (Å²) in [7, 11) is -3.36. The fourth-order valence-electron chi connectivity index (χ4n) is 1.37. The average molecular weight is 336 g/mol. The van der Waals surface area contributed by atoms with Crippen molar-refractivity contribution in [2.75, 3.05) is 12.0 Å². The predicted octanol–water partition coefficient (Wildman–Crippen LogP) is 0.274. The molecule has 1 amide bonds. The highest BCUT2D eigenvalue weighted by Gasteiger charge is 2.23. The first kappa shape index (κ1) is 17.0. The summed E-state index contributed by atoms with van der Waals surface area (Å²) in [4.78, 5) is 32.6. The second-order valence-corrected chi connectivity index (χ2v) is 7.36. The number of hydrogen-bond acceptors (Lipinski definition) is 7. The molecule has 1 heterocycles. The van der Waals surface area contributed by atoms with Crippen LogP contribution in [0.4, 0.5) is 5.00 Å². The van der Waals surface area contributed by atoms with Crippen LogP contribution in [0, 0.1) is 10.1 Å². The van der Waals surface area contributed by atoms with Gasteiger partial charge in [-0.2, -0.15) is 0 Å². The van der Waals surface area contributed by atoms with Gasteiger partial charge in [-0.1, -0.05) is 11.3 Å². The number of nitro groups is 1. The second-order valence-electron chi connectivity index (χ2n) is 4.21. The third kappa shape index (κ3) is 5.47. The third-order valence-corrected chi connectivity index (χ3v) is 4.27. The van der Waals surface area contributed by atoms with Crippen molar-refractivity contribution in [3.63, 3.8) is 0 Å². The minimum atomic E-state index is -3.36. The maximum Gasteiger partial charge on any atom is 0.326 e. The number of aliphatic carboxylic acids is 1. The number of rotatable bonds is 7. The number of carboxylic acid groups (broad SMARTS) is 1. The molecule has 9 nitrogen and oxygen atoms in total. The molecular weight excluding hydrogens is 324 g/mol. The zero-order chi connectivity index (χ0) is 16.2. The molecule has 0 spiro atoms. The molecule has 11 heteroatoms. The molecule has 1 unspecified atom stereocenters. The lowest BCUT2D eigenvalue weighted by atomic mass is 10.2. The Morgan fingerprint density at radius 2 is 2.14 bits per heavy atom. The molecule has 0 aliphatic carbocycles. The van der Waals surface area contributed by atoms with E-state index in [2.05, 4.69) is 5.32 Å². The van der Waals surface area contributed by atoms with Crippen molar-refractivity contribution in [3.8, 4) is 0 Å². The summed E-state index contributed by atoms with van der Waals surface area (Å²) < 4.78 is 22.0. The van der Waals surface area contributed by atoms with Gasteiger partial charge in [0.05, 0.1) is 16.2 Å². The van der Waals surface area contributed by atoms with Crippen LogP contribution in [0.25, 0.3) is 0 Å². The van der Waals surface area contributed by atoms with Gasteiger partial charge in [-0.05, 0) is 6.42 Å². The number of carbonyl (C=O) groups excluding carboxylic acids is 1. The van der Waals surface area contributed by atoms with Crippen LogP contribution in [0.2, 0.25) is 0 Å². The predicted molar refractivity (Wildman–Crippen MR) is 74.2 cm³/mol. The van der Waals surface area contributed by atoms with Crippen LogP contribution in [0.3, 0.4) is 0 Å². The molecule has 21 heavy (non-hydrogen) atoms. The fraction of sp³-hybridized carbons (Fsp3) is 0.400. The molecule has 0 bridgehead atoms. The minimum absolute atomic E-state index is 0.0442. The molecule has 1 atom stereocenters. The van der Waals surface area contributed by atoms with Gasteiger partial charge in [-0.25, -0.2) is 13.2 Å². The molecule has 0 radical (unpaired) electrons. The SMILES string of the molecule is CS(=O)(=O)CCC(NC(=O)c1csc([N+](=O)[O-])c1)C(=O)O. The molecule has 0 aliphatic heterocycles. The summed E-state index contributed by atoms with van der Waals surface area (Å²) in [5.41, 5.74) is -0.0442. The van der Waals surface area contributed by atoms with Gasteiger partial charge in [0.25, 0.3) is 5.91 Å². The fourth-order valence-corrected chi connectivity index (χ4v) is 2.74. The number of nitrogens with one attached hydrogen (secondary N) is 1. The van der Waals surface area contributed by atoms with Gasteiger partial charge < -0.3 is 10.4 Å². The van der Waals surface area contributed by atoms with Gasteiger partial charge >= 0.3 is 11.0 Å². The molecule has 1 aromatic rings. The standard InChI is InChI=1S/C10H12N2O7S2/c1-21(18,19)3-2-7(10(14)15)11-9(13)6-4-8(12(16)17)20-5-6/h4-5,7H,2-3H2,1H3,(H,11,13)(H,14,15). The van der Waals surface area contributed by atoms with E-state index in [9.17, 15) is 28.1 Å². The van der Waals surface area contributed by atoms with E-state index < -0.39 is 38.4 Å². The maximum atomic E-state index is 11.8. The van der Waals surface area contributed by atoms with Crippen LogP contribution in [0.5, 0.6) is 0 Å². The van der Waals surface area contributed by atoms with Crippen LogP contribution in [-0.4, -0.2) is 48.4 Å². The molecule has 0 fully saturated rings. The topological polar surface area (TPSA) is 144 Å². The zero-order valence-corrected chi connectivity index (χ0v) is 12.4. The summed E-state index contributed by atoms with van der Waals surface area (Å²) in [5, 5.41) is 22.6. The first-order valence-electron chi connectivity index (χ1n) is 5.54. The number of amides is 1. The van der Waals surface area contributed by atoms with Crippen molar-refractivity contribution in [1.82, 2.24) is 5.32 Å². The summed E-state index contributed by atoms with van der Waals surface area (Å²) in [6.45, 7) is 0. The Labute approximate surface area is 123 Å². The van der Waals surface area contributed by atoms with Gasteiger partial charge in [0.2, 0.25) is 0 Å². The van der Waals surface area contributed by atoms with Gasteiger partial charge in [0, 0.05) is 17.7 Å². The monoisotopic (exact) mass is 336 g/mol. The molecule has 116 valence electrons. The quantitative estimate of drug-likeness (QED) is 0.537. The summed E-state index contributed by atoms with van der Waals surface area (Å²) >= 11 is 0.736. The van der Waals surface area contributed by atoms with E-state index in [0.29, 0.717) is 0 Å². The lowest BCUT2D eigenvalue weighted by molar-refractivity contribution is -0.380. The summed E-state index contributed by atoms with van der Waals surface area (Å²) in [6, 6.07) is -0.360. The van der Waals surface area contributed by atoms with Crippen LogP contribution in [0.1, 0.15) is 16.8 Å². The zero-order valence-electron chi connectivity index (χ0n) is 10.8. The largest absolute Gasteiger partial charge is 0.480 e. The molecule has 0 saturated carbocycles. The Morgan fingerprint density at radius 3 is 2.57 bits per heavy atom. The van der Waals surface area contributed by atoms with Crippen molar-refractivity contribution >= 4 is 38.1 Å². The highest BCUT2D eigenvalue weighted by Crippen LogP contribution is 2.22. The smallest absolute Gasteiger partial charge is 0.326 e. The van der Waals surface area contributed by atoms with Crippen molar-refractivity contribution < 1.29 is 28.0 Å². The van der Waals surface area contributed by atoms with Crippen LogP contribution < -0.4 is 5.32 Å². The van der Waals surface area contributed by atoms with Crippen molar-refractivity contribution in [2.45, 2.75) is 12.5 Å². The van der Waals surface area contributed by atoms with Crippen LogP contribution in [-0.2, 0) is 14.6 Å². The molecule has 2 N–H and O–H groups in total. The number of nitrogens with zero attached hydrogens (tertiary/aromatic N) is 1. The Balaban J connectivity index is 2.76. The van der Waals surface area contributed by atoms with E-state index in [1.165, 1.54) is 5.38 Å². The molecule has 0 saturated heterocycles. The lowest BCUT2D eigenvalue weighted by Crippen LogP contribution is -2.41. The molecule has 0 aliphatic rings. The summed E-state index contributed by atoms with van der Waals surface area (Å²) in [5.74, 6) is -2.58. The van der Waals surface area contributed by atoms with Crippen LogP contribution in [0.15, 0.2) is 11.4 Å².